The van der Waals surface area contributed by atoms with Crippen LogP contribution in [0.5, 0.6) is 0 Å². The summed E-state index contributed by atoms with van der Waals surface area (Å²) in [5.41, 5.74) is 10.4. The number of likely N-dealkylation sites (tertiary alicyclic amines) is 1. The van der Waals surface area contributed by atoms with Crippen molar-refractivity contribution in [2.45, 2.75) is 91.6 Å². The molecule has 3 N–H and O–H groups in total. The van der Waals surface area contributed by atoms with Gasteiger partial charge in [-0.2, -0.15) is 10.1 Å². The Hall–Kier alpha value is -6.42. The minimum atomic E-state index is -0.410. The number of urea groups is 1. The van der Waals surface area contributed by atoms with Crippen LogP contribution < -0.4 is 20.4 Å². The molecule has 3 aliphatic rings. The van der Waals surface area contributed by atoms with Gasteiger partial charge in [-0.25, -0.2) is 14.8 Å². The van der Waals surface area contributed by atoms with Crippen molar-refractivity contribution in [1.82, 2.24) is 50.4 Å². The van der Waals surface area contributed by atoms with Crippen LogP contribution in [0.3, 0.4) is 0 Å². The summed E-state index contributed by atoms with van der Waals surface area (Å²) in [6.45, 7) is 19.7. The van der Waals surface area contributed by atoms with Crippen LogP contribution in [0.1, 0.15) is 104 Å². The molecule has 4 amide bonds. The van der Waals surface area contributed by atoms with Crippen molar-refractivity contribution < 1.29 is 18.9 Å². The lowest BCUT2D eigenvalue weighted by Crippen LogP contribution is -2.49. The summed E-state index contributed by atoms with van der Waals surface area (Å²) in [5, 5.41) is 15.4. The Morgan fingerprint density at radius 2 is 1.71 bits per heavy atom. The monoisotopic (exact) mass is 852 g/mol. The fraction of sp³-hybridized carbons (Fsp3) is 0.447. The first-order valence-electron chi connectivity index (χ1n) is 22.0. The number of anilines is 2. The number of fused-ring (bicyclic) bond motifs is 1. The highest BCUT2D eigenvalue weighted by molar-refractivity contribution is 6.05. The largest absolute Gasteiger partial charge is 0.372 e. The van der Waals surface area contributed by atoms with Crippen LogP contribution in [-0.2, 0) is 10.2 Å². The third-order valence-corrected chi connectivity index (χ3v) is 13.0. The minimum Gasteiger partial charge on any atom is -0.372 e. The molecule has 0 saturated carbocycles. The van der Waals surface area contributed by atoms with Gasteiger partial charge in [-0.1, -0.05) is 38.1 Å². The molecule has 0 bridgehead atoms. The smallest absolute Gasteiger partial charge is 0.328 e. The number of amides is 4. The molecule has 0 aliphatic carbocycles. The number of carbonyl (C=O) groups is 3. The van der Waals surface area contributed by atoms with E-state index in [0.717, 1.165) is 114 Å². The van der Waals surface area contributed by atoms with Crippen molar-refractivity contribution in [3.05, 3.63) is 89.1 Å². The summed E-state index contributed by atoms with van der Waals surface area (Å²) in [6, 6.07) is 16.1. The molecule has 4 aromatic heterocycles. The number of hydrogen-bond acceptors (Lipinski definition) is 11. The number of carbonyl (C=O) groups excluding carboxylic acids is 3. The number of imide groups is 1. The van der Waals surface area contributed by atoms with Gasteiger partial charge < -0.3 is 24.6 Å². The van der Waals surface area contributed by atoms with E-state index in [1.165, 1.54) is 5.69 Å². The molecule has 2 atom stereocenters. The lowest BCUT2D eigenvalue weighted by molar-refractivity contribution is -0.120. The Bertz CT molecular complexity index is 2680. The molecule has 16 nitrogen and oxygen atoms in total. The van der Waals surface area contributed by atoms with Gasteiger partial charge in [0.15, 0.2) is 5.82 Å². The molecule has 63 heavy (non-hydrogen) atoms. The molecular formula is C47H56N12O4. The molecule has 16 heteroatoms. The average molecular weight is 853 g/mol. The van der Waals surface area contributed by atoms with Gasteiger partial charge in [-0.3, -0.25) is 24.5 Å². The number of H-pyrrole nitrogens is 1. The lowest BCUT2D eigenvalue weighted by atomic mass is 9.96. The Balaban J connectivity index is 0.825. The lowest BCUT2D eigenvalue weighted by Gasteiger charge is -2.35. The number of nitrogens with one attached hydrogen (secondary N) is 3. The number of nitrogens with zero attached hydrogens (tertiary/aromatic N) is 9. The van der Waals surface area contributed by atoms with Crippen molar-refractivity contribution in [3.8, 4) is 22.5 Å². The Morgan fingerprint density at radius 1 is 0.952 bits per heavy atom. The minimum absolute atomic E-state index is 0.0488. The SMILES string of the molecule is Cc1cc(-c2ncnc3[nH]c(-c4c(C)nn(C5CCN(CC6CCN(c7ccc(N8CCC(=O)NC8=O)cc7)CC6)C5)c4C)cc23)ccc1C(C)NC(=O)c1nc(C(C)(C)C)no1. The average Bonchev–Trinajstić information content (AvgIpc) is 4.07. The molecule has 3 fully saturated rings. The van der Waals surface area contributed by atoms with Gasteiger partial charge in [-0.15, -0.1) is 0 Å². The van der Waals surface area contributed by atoms with Gasteiger partial charge in [-0.05, 0) is 100 Å². The van der Waals surface area contributed by atoms with Gasteiger partial charge in [0.05, 0.1) is 29.2 Å². The van der Waals surface area contributed by atoms with Crippen molar-refractivity contribution in [2.24, 2.45) is 5.92 Å². The Kier molecular flexibility index (Phi) is 11.1. The van der Waals surface area contributed by atoms with Crippen LogP contribution >= 0.6 is 0 Å². The summed E-state index contributed by atoms with van der Waals surface area (Å²) in [4.78, 5) is 60.8. The summed E-state index contributed by atoms with van der Waals surface area (Å²) in [7, 11) is 0. The number of piperidine rings is 1. The second kappa shape index (κ2) is 16.7. The molecule has 3 saturated heterocycles. The maximum absolute atomic E-state index is 13.0. The molecule has 6 aromatic rings. The van der Waals surface area contributed by atoms with Crippen LogP contribution in [0.4, 0.5) is 16.2 Å². The molecule has 2 unspecified atom stereocenters. The zero-order chi connectivity index (χ0) is 44.2. The van der Waals surface area contributed by atoms with Crippen molar-refractivity contribution in [3.63, 3.8) is 0 Å². The van der Waals surface area contributed by atoms with E-state index in [2.05, 4.69) is 83.3 Å². The van der Waals surface area contributed by atoms with Crippen LogP contribution in [0, 0.1) is 26.7 Å². The molecular weight excluding hydrogens is 797 g/mol. The molecule has 0 spiro atoms. The van der Waals surface area contributed by atoms with Crippen LogP contribution in [0.2, 0.25) is 0 Å². The van der Waals surface area contributed by atoms with Crippen LogP contribution in [-0.4, -0.2) is 96.9 Å². The quantitative estimate of drug-likeness (QED) is 0.127. The first kappa shape index (κ1) is 41.9. The first-order valence-corrected chi connectivity index (χ1v) is 22.0. The zero-order valence-electron chi connectivity index (χ0n) is 37.2. The van der Waals surface area contributed by atoms with Gasteiger partial charge in [0.1, 0.15) is 12.0 Å². The summed E-state index contributed by atoms with van der Waals surface area (Å²) < 4.78 is 7.50. The van der Waals surface area contributed by atoms with Crippen molar-refractivity contribution in [2.75, 3.05) is 49.1 Å². The first-order chi connectivity index (χ1) is 30.2. The maximum atomic E-state index is 13.0. The normalized spacial score (nSPS) is 18.4. The number of aromatic amines is 1. The van der Waals surface area contributed by atoms with Gasteiger partial charge in [0.25, 0.3) is 0 Å². The topological polar surface area (TPSA) is 183 Å². The number of hydrogen-bond donors (Lipinski definition) is 3. The van der Waals surface area contributed by atoms with E-state index in [1.54, 1.807) is 11.2 Å². The highest BCUT2D eigenvalue weighted by atomic mass is 16.5. The van der Waals surface area contributed by atoms with Crippen molar-refractivity contribution >= 4 is 40.3 Å². The van der Waals surface area contributed by atoms with E-state index < -0.39 is 5.91 Å². The van der Waals surface area contributed by atoms with Crippen LogP contribution in [0.25, 0.3) is 33.5 Å². The van der Waals surface area contributed by atoms with E-state index in [4.69, 9.17) is 14.6 Å². The van der Waals surface area contributed by atoms with Crippen molar-refractivity contribution in [1.29, 1.82) is 0 Å². The van der Waals surface area contributed by atoms with Gasteiger partial charge in [0.2, 0.25) is 5.91 Å². The molecule has 2 aromatic carbocycles. The fourth-order valence-corrected chi connectivity index (χ4v) is 9.55. The third-order valence-electron chi connectivity index (χ3n) is 13.0. The Labute approximate surface area is 366 Å². The number of rotatable bonds is 10. The van der Waals surface area contributed by atoms with Crippen LogP contribution in [0.15, 0.2) is 59.4 Å². The molecule has 328 valence electrons. The highest BCUT2D eigenvalue weighted by Gasteiger charge is 2.31. The Morgan fingerprint density at radius 3 is 2.43 bits per heavy atom. The summed E-state index contributed by atoms with van der Waals surface area (Å²) in [6.07, 6.45) is 5.25. The van der Waals surface area contributed by atoms with Gasteiger partial charge >= 0.3 is 17.8 Å². The standard InChI is InChI=1S/C47H56N12O4/c1-27-22-32(8-13-36(27)28(2)50-43(61)44-53-45(55-63-44)47(5,6)7)41-37-23-38(51-42(37)49-26-48-41)40-29(3)54-59(30(40)4)35-16-18-56(25-35)24-31-14-19-57(20-15-31)33-9-11-34(12-10-33)58-21-17-39(60)52-46(58)62/h8-13,22-23,26,28,31,35H,14-21,24-25H2,1-7H3,(H,50,61)(H,48,49,51)(H,52,60,62). The molecule has 9 rings (SSSR count). The molecule has 3 aliphatic heterocycles. The van der Waals surface area contributed by atoms with E-state index >= 15 is 0 Å². The maximum Gasteiger partial charge on any atom is 0.328 e. The molecule has 0 radical (unpaired) electrons. The molecule has 7 heterocycles. The second-order valence-corrected chi connectivity index (χ2v) is 18.5. The fourth-order valence-electron chi connectivity index (χ4n) is 9.55. The predicted molar refractivity (Wildman–Crippen MR) is 241 cm³/mol. The third kappa shape index (κ3) is 8.43. The van der Waals surface area contributed by atoms with Gasteiger partial charge in [0, 0.05) is 84.7 Å². The summed E-state index contributed by atoms with van der Waals surface area (Å²) >= 11 is 0. The number of benzene rings is 2. The van der Waals surface area contributed by atoms with E-state index in [-0.39, 0.29) is 29.3 Å². The van der Waals surface area contributed by atoms with E-state index in [1.807, 2.05) is 58.9 Å². The summed E-state index contributed by atoms with van der Waals surface area (Å²) in [5.74, 6) is 0.444. The zero-order valence-corrected chi connectivity index (χ0v) is 37.2. The number of aromatic nitrogens is 7. The number of aryl methyl sites for hydroxylation is 2. The predicted octanol–water partition coefficient (Wildman–Crippen LogP) is 7.19. The highest BCUT2D eigenvalue weighted by Crippen LogP contribution is 2.36. The van der Waals surface area contributed by atoms with E-state index in [0.29, 0.717) is 30.7 Å². The van der Waals surface area contributed by atoms with E-state index in [9.17, 15) is 14.4 Å². The second-order valence-electron chi connectivity index (χ2n) is 18.5.